The van der Waals surface area contributed by atoms with Gasteiger partial charge in [-0.05, 0) is 64.4 Å². The van der Waals surface area contributed by atoms with Crippen molar-refractivity contribution in [2.45, 2.75) is 0 Å². The van der Waals surface area contributed by atoms with E-state index in [9.17, 15) is 13.6 Å². The Labute approximate surface area is 218 Å². The Morgan fingerprint density at radius 2 is 1.89 bits per heavy atom. The minimum absolute atomic E-state index is 0.167. The molecular formula is C29H18F2N4O2S. The smallest absolute Gasteiger partial charge is 0.214 e. The van der Waals surface area contributed by atoms with E-state index >= 15 is 0 Å². The van der Waals surface area contributed by atoms with Crippen LogP contribution in [0.3, 0.4) is 0 Å². The Kier molecular flexibility index (Phi) is 4.95. The van der Waals surface area contributed by atoms with Crippen LogP contribution in [0.4, 0.5) is 8.78 Å². The lowest BCUT2D eigenvalue weighted by Crippen LogP contribution is -2.06. The second kappa shape index (κ2) is 8.39. The fraction of sp³-hybridized carbons (Fsp3) is 0.0345. The molecule has 0 saturated carbocycles. The molecule has 0 amide bonds. The number of rotatable bonds is 5. The number of aryl methyl sites for hydroxylation is 1. The molecule has 7 aromatic rings. The third-order valence-electron chi connectivity index (χ3n) is 6.76. The van der Waals surface area contributed by atoms with Gasteiger partial charge in [-0.2, -0.15) is 20.8 Å². The van der Waals surface area contributed by atoms with Crippen LogP contribution in [0.15, 0.2) is 83.7 Å². The highest BCUT2D eigenvalue weighted by Crippen LogP contribution is 2.34. The Morgan fingerprint density at radius 1 is 1.03 bits per heavy atom. The van der Waals surface area contributed by atoms with Gasteiger partial charge < -0.3 is 14.3 Å². The zero-order valence-electron chi connectivity index (χ0n) is 19.9. The van der Waals surface area contributed by atoms with Crippen LogP contribution in [0.5, 0.6) is 11.5 Å². The summed E-state index contributed by atoms with van der Waals surface area (Å²) in [6.45, 7) is 0. The van der Waals surface area contributed by atoms with Gasteiger partial charge in [0.05, 0.1) is 28.5 Å². The van der Waals surface area contributed by atoms with Crippen molar-refractivity contribution in [2.75, 3.05) is 0 Å². The maximum atomic E-state index is 14.1. The standard InChI is InChI=1S/C29H18F2N4O2S/c1-34-23-6-2-4-18(16-10-11-38-15-16)19(23)13-25(34)28(36)20-14-32-35-24-9-8-17(12-22(24)33-29(20)35)37-26-7-3-5-21(30)27(26)31/h2-15,33H,1H3. The van der Waals surface area contributed by atoms with Crippen LogP contribution in [0.25, 0.3) is 38.7 Å². The Morgan fingerprint density at radius 3 is 2.74 bits per heavy atom. The van der Waals surface area contributed by atoms with Gasteiger partial charge in [-0.1, -0.05) is 18.2 Å². The second-order valence-corrected chi connectivity index (χ2v) is 9.72. The first-order chi connectivity index (χ1) is 18.5. The lowest BCUT2D eigenvalue weighted by molar-refractivity contribution is 0.103. The van der Waals surface area contributed by atoms with E-state index in [1.807, 2.05) is 35.2 Å². The molecule has 0 radical (unpaired) electrons. The molecule has 0 saturated heterocycles. The molecule has 3 aromatic carbocycles. The maximum Gasteiger partial charge on any atom is 0.214 e. The molecule has 9 heteroatoms. The van der Waals surface area contributed by atoms with Crippen LogP contribution in [0.1, 0.15) is 16.1 Å². The number of hydrogen-bond acceptors (Lipinski definition) is 4. The van der Waals surface area contributed by atoms with Gasteiger partial charge in [0.25, 0.3) is 0 Å². The number of hydrogen-bond donors (Lipinski definition) is 1. The number of nitrogens with one attached hydrogen (secondary N) is 1. The number of carbonyl (C=O) groups excluding carboxylic acids is 1. The summed E-state index contributed by atoms with van der Waals surface area (Å²) in [4.78, 5) is 17.0. The summed E-state index contributed by atoms with van der Waals surface area (Å²) in [6.07, 6.45) is 1.55. The molecule has 1 N–H and O–H groups in total. The average molecular weight is 525 g/mol. The van der Waals surface area contributed by atoms with Gasteiger partial charge in [-0.25, -0.2) is 8.91 Å². The fourth-order valence-corrected chi connectivity index (χ4v) is 5.54. The van der Waals surface area contributed by atoms with Crippen molar-refractivity contribution >= 4 is 44.7 Å². The van der Waals surface area contributed by atoms with Gasteiger partial charge >= 0.3 is 0 Å². The predicted molar refractivity (Wildman–Crippen MR) is 143 cm³/mol. The number of imidazole rings is 1. The molecule has 4 heterocycles. The third-order valence-corrected chi connectivity index (χ3v) is 7.44. The molecule has 7 rings (SSSR count). The number of aromatic amines is 1. The van der Waals surface area contributed by atoms with Gasteiger partial charge in [0.15, 0.2) is 11.6 Å². The van der Waals surface area contributed by atoms with Crippen molar-refractivity contribution in [2.24, 2.45) is 7.05 Å². The lowest BCUT2D eigenvalue weighted by Gasteiger charge is -2.07. The molecule has 0 aliphatic heterocycles. The molecule has 186 valence electrons. The van der Waals surface area contributed by atoms with Gasteiger partial charge in [-0.15, -0.1) is 0 Å². The average Bonchev–Trinajstić information content (AvgIpc) is 3.70. The number of aromatic nitrogens is 4. The largest absolute Gasteiger partial charge is 0.454 e. The number of ether oxygens (including phenoxy) is 1. The number of fused-ring (bicyclic) bond motifs is 4. The molecule has 0 fully saturated rings. The highest BCUT2D eigenvalue weighted by atomic mass is 32.1. The monoisotopic (exact) mass is 524 g/mol. The summed E-state index contributed by atoms with van der Waals surface area (Å²) in [5.41, 5.74) is 5.99. The molecule has 38 heavy (non-hydrogen) atoms. The molecule has 0 bridgehead atoms. The van der Waals surface area contributed by atoms with E-state index in [0.717, 1.165) is 28.1 Å². The number of ketones is 1. The van der Waals surface area contributed by atoms with Crippen LogP contribution in [-0.2, 0) is 7.05 Å². The third kappa shape index (κ3) is 3.36. The van der Waals surface area contributed by atoms with E-state index in [4.69, 9.17) is 4.74 Å². The highest BCUT2D eigenvalue weighted by molar-refractivity contribution is 7.08. The SMILES string of the molecule is Cn1c(C(=O)c2cnn3c2[nH]c2cc(Oc4cccc(F)c4F)ccc23)cc2c(-c3ccsc3)cccc21. The predicted octanol–water partition coefficient (Wildman–Crippen LogP) is 7.34. The Bertz CT molecular complexity index is 2020. The number of halogens is 2. The van der Waals surface area contributed by atoms with Crippen molar-refractivity contribution in [3.63, 3.8) is 0 Å². The molecule has 0 spiro atoms. The number of H-pyrrole nitrogens is 1. The summed E-state index contributed by atoms with van der Waals surface area (Å²) in [5, 5.41) is 9.57. The van der Waals surface area contributed by atoms with Gasteiger partial charge in [0, 0.05) is 24.0 Å². The molecule has 0 aliphatic carbocycles. The summed E-state index contributed by atoms with van der Waals surface area (Å²) in [5.74, 6) is -2.11. The molecule has 0 atom stereocenters. The van der Waals surface area contributed by atoms with Crippen LogP contribution >= 0.6 is 11.3 Å². The topological polar surface area (TPSA) is 64.3 Å². The van der Waals surface area contributed by atoms with Crippen LogP contribution in [0, 0.1) is 11.6 Å². The highest BCUT2D eigenvalue weighted by Gasteiger charge is 2.22. The van der Waals surface area contributed by atoms with Gasteiger partial charge in [-0.3, -0.25) is 4.79 Å². The Balaban J connectivity index is 1.29. The van der Waals surface area contributed by atoms with E-state index in [2.05, 4.69) is 27.6 Å². The number of nitrogens with zero attached hydrogens (tertiary/aromatic N) is 3. The molecular weight excluding hydrogens is 506 g/mol. The van der Waals surface area contributed by atoms with Crippen LogP contribution in [-0.4, -0.2) is 24.9 Å². The molecule has 0 unspecified atom stereocenters. The van der Waals surface area contributed by atoms with E-state index in [1.165, 1.54) is 12.1 Å². The number of carbonyl (C=O) groups is 1. The summed E-state index contributed by atoms with van der Waals surface area (Å²) in [6, 6.07) is 18.9. The molecule has 0 aliphatic rings. The van der Waals surface area contributed by atoms with E-state index in [-0.39, 0.29) is 11.5 Å². The second-order valence-electron chi connectivity index (χ2n) is 8.94. The van der Waals surface area contributed by atoms with Gasteiger partial charge in [0.2, 0.25) is 11.6 Å². The van der Waals surface area contributed by atoms with Crippen molar-refractivity contribution in [1.82, 2.24) is 19.2 Å². The van der Waals surface area contributed by atoms with Crippen molar-refractivity contribution in [1.29, 1.82) is 0 Å². The molecule has 4 aromatic heterocycles. The summed E-state index contributed by atoms with van der Waals surface area (Å²) in [7, 11) is 1.88. The minimum atomic E-state index is -1.06. The summed E-state index contributed by atoms with van der Waals surface area (Å²) < 4.78 is 36.8. The van der Waals surface area contributed by atoms with Crippen molar-refractivity contribution in [3.8, 4) is 22.6 Å². The molecule has 6 nitrogen and oxygen atoms in total. The van der Waals surface area contributed by atoms with E-state index < -0.39 is 11.6 Å². The van der Waals surface area contributed by atoms with Crippen molar-refractivity contribution in [3.05, 3.63) is 107 Å². The number of thiophene rings is 1. The van der Waals surface area contributed by atoms with Crippen LogP contribution < -0.4 is 4.74 Å². The first kappa shape index (κ1) is 22.4. The maximum absolute atomic E-state index is 14.1. The van der Waals surface area contributed by atoms with Crippen molar-refractivity contribution < 1.29 is 18.3 Å². The lowest BCUT2D eigenvalue weighted by atomic mass is 10.0. The van der Waals surface area contributed by atoms with E-state index in [1.54, 1.807) is 40.2 Å². The minimum Gasteiger partial charge on any atom is -0.454 e. The zero-order chi connectivity index (χ0) is 26.0. The van der Waals surface area contributed by atoms with Gasteiger partial charge in [0.1, 0.15) is 11.4 Å². The Hall–Kier alpha value is -4.76. The first-order valence-electron chi connectivity index (χ1n) is 11.8. The summed E-state index contributed by atoms with van der Waals surface area (Å²) >= 11 is 1.63. The van der Waals surface area contributed by atoms with Crippen LogP contribution in [0.2, 0.25) is 0 Å². The fourth-order valence-electron chi connectivity index (χ4n) is 4.88. The quantitative estimate of drug-likeness (QED) is 0.240. The normalized spacial score (nSPS) is 11.7. The van der Waals surface area contributed by atoms with E-state index in [0.29, 0.717) is 33.7 Å². The first-order valence-corrected chi connectivity index (χ1v) is 12.7. The number of benzene rings is 3. The zero-order valence-corrected chi connectivity index (χ0v) is 20.7.